The maximum atomic E-state index is 12.9. The third-order valence-electron chi connectivity index (χ3n) is 4.57. The van der Waals surface area contributed by atoms with Crippen molar-refractivity contribution in [3.05, 3.63) is 59.2 Å². The molecule has 2 aromatic carbocycles. The van der Waals surface area contributed by atoms with Gasteiger partial charge in [-0.2, -0.15) is 0 Å². The van der Waals surface area contributed by atoms with Crippen LogP contribution < -0.4 is 9.46 Å². The van der Waals surface area contributed by atoms with Crippen molar-refractivity contribution in [3.8, 4) is 5.75 Å². The number of ether oxygens (including phenoxy) is 1. The van der Waals surface area contributed by atoms with Gasteiger partial charge in [-0.3, -0.25) is 9.52 Å². The molecule has 3 rings (SSSR count). The Kier molecular flexibility index (Phi) is 5.70. The molecule has 0 radical (unpaired) electrons. The maximum Gasteiger partial charge on any atom is 0.254 e. The molecule has 1 aliphatic rings. The molecule has 0 saturated carbocycles. The van der Waals surface area contributed by atoms with E-state index in [1.54, 1.807) is 36.3 Å². The Morgan fingerprint density at radius 3 is 2.74 bits per heavy atom. The SMILES string of the molecule is CCCS(=O)(=O)Nc1cccc(C(=O)N2CCc3ccc(OC)cc3C2)c1. The van der Waals surface area contributed by atoms with E-state index in [4.69, 9.17) is 4.74 Å². The van der Waals surface area contributed by atoms with Crippen molar-refractivity contribution in [3.63, 3.8) is 0 Å². The van der Waals surface area contributed by atoms with Gasteiger partial charge in [0.25, 0.3) is 5.91 Å². The number of sulfonamides is 1. The number of amides is 1. The van der Waals surface area contributed by atoms with Crippen LogP contribution in [0.1, 0.15) is 34.8 Å². The number of carbonyl (C=O) groups is 1. The average molecular weight is 388 g/mol. The number of anilines is 1. The molecule has 0 aromatic heterocycles. The Morgan fingerprint density at radius 2 is 2.00 bits per heavy atom. The molecule has 27 heavy (non-hydrogen) atoms. The van der Waals surface area contributed by atoms with Crippen LogP contribution in [0.4, 0.5) is 5.69 Å². The first-order valence-electron chi connectivity index (χ1n) is 8.97. The van der Waals surface area contributed by atoms with Crippen molar-refractivity contribution in [2.24, 2.45) is 0 Å². The molecule has 1 N–H and O–H groups in total. The second-order valence-corrected chi connectivity index (χ2v) is 8.45. The standard InChI is InChI=1S/C20H24N2O4S/c1-3-11-27(24,25)21-18-6-4-5-16(12-18)20(23)22-10-9-15-7-8-19(26-2)13-17(15)14-22/h4-8,12-13,21H,3,9-11,14H2,1-2H3. The van der Waals surface area contributed by atoms with E-state index in [1.807, 2.05) is 25.1 Å². The summed E-state index contributed by atoms with van der Waals surface area (Å²) in [4.78, 5) is 14.7. The van der Waals surface area contributed by atoms with Crippen LogP contribution in [0, 0.1) is 0 Å². The third-order valence-corrected chi connectivity index (χ3v) is 6.06. The quantitative estimate of drug-likeness (QED) is 0.825. The molecule has 7 heteroatoms. The van der Waals surface area contributed by atoms with E-state index in [1.165, 1.54) is 5.56 Å². The second-order valence-electron chi connectivity index (χ2n) is 6.61. The van der Waals surface area contributed by atoms with Crippen LogP contribution in [0.25, 0.3) is 0 Å². The summed E-state index contributed by atoms with van der Waals surface area (Å²) in [6, 6.07) is 12.6. The van der Waals surface area contributed by atoms with Gasteiger partial charge in [-0.15, -0.1) is 0 Å². The van der Waals surface area contributed by atoms with Gasteiger partial charge in [-0.05, 0) is 54.3 Å². The van der Waals surface area contributed by atoms with Crippen molar-refractivity contribution in [1.29, 1.82) is 0 Å². The summed E-state index contributed by atoms with van der Waals surface area (Å²) in [6.07, 6.45) is 1.32. The zero-order chi connectivity index (χ0) is 19.4. The Labute approximate surface area is 160 Å². The predicted molar refractivity (Wildman–Crippen MR) is 106 cm³/mol. The van der Waals surface area contributed by atoms with Gasteiger partial charge in [0, 0.05) is 24.3 Å². The Bertz CT molecular complexity index is 941. The van der Waals surface area contributed by atoms with Crippen LogP contribution in [0.15, 0.2) is 42.5 Å². The largest absolute Gasteiger partial charge is 0.497 e. The Morgan fingerprint density at radius 1 is 1.19 bits per heavy atom. The smallest absolute Gasteiger partial charge is 0.254 e. The lowest BCUT2D eigenvalue weighted by Crippen LogP contribution is -2.36. The number of hydrogen-bond acceptors (Lipinski definition) is 4. The van der Waals surface area contributed by atoms with E-state index in [9.17, 15) is 13.2 Å². The van der Waals surface area contributed by atoms with E-state index in [-0.39, 0.29) is 11.7 Å². The molecule has 0 fully saturated rings. The van der Waals surface area contributed by atoms with Crippen molar-refractivity contribution in [2.45, 2.75) is 26.3 Å². The van der Waals surface area contributed by atoms with Crippen LogP contribution in [0.3, 0.4) is 0 Å². The molecule has 144 valence electrons. The fourth-order valence-electron chi connectivity index (χ4n) is 3.23. The molecule has 0 spiro atoms. The number of rotatable bonds is 6. The zero-order valence-corrected chi connectivity index (χ0v) is 16.4. The van der Waals surface area contributed by atoms with Gasteiger partial charge in [-0.1, -0.05) is 19.1 Å². The minimum Gasteiger partial charge on any atom is -0.497 e. The third kappa shape index (κ3) is 4.60. The highest BCUT2D eigenvalue weighted by Gasteiger charge is 2.22. The number of fused-ring (bicyclic) bond motifs is 1. The lowest BCUT2D eigenvalue weighted by molar-refractivity contribution is 0.0734. The van der Waals surface area contributed by atoms with Gasteiger partial charge < -0.3 is 9.64 Å². The van der Waals surface area contributed by atoms with E-state index in [0.717, 1.165) is 17.7 Å². The Hall–Kier alpha value is -2.54. The van der Waals surface area contributed by atoms with Gasteiger partial charge in [0.15, 0.2) is 0 Å². The average Bonchev–Trinajstić information content (AvgIpc) is 2.66. The first-order chi connectivity index (χ1) is 12.9. The lowest BCUT2D eigenvalue weighted by atomic mass is 9.98. The van der Waals surface area contributed by atoms with Crippen LogP contribution in [-0.2, 0) is 23.0 Å². The molecule has 6 nitrogen and oxygen atoms in total. The summed E-state index contributed by atoms with van der Waals surface area (Å²) in [6.45, 7) is 2.95. The van der Waals surface area contributed by atoms with Crippen LogP contribution in [-0.4, -0.2) is 38.6 Å². The van der Waals surface area contributed by atoms with E-state index in [0.29, 0.717) is 30.8 Å². The van der Waals surface area contributed by atoms with Crippen LogP contribution in [0.2, 0.25) is 0 Å². The van der Waals surface area contributed by atoms with Crippen LogP contribution >= 0.6 is 0 Å². The normalized spacial score (nSPS) is 13.8. The molecule has 0 bridgehead atoms. The van der Waals surface area contributed by atoms with Crippen molar-refractivity contribution >= 4 is 21.6 Å². The fourth-order valence-corrected chi connectivity index (χ4v) is 4.36. The molecule has 1 aliphatic heterocycles. The van der Waals surface area contributed by atoms with Crippen molar-refractivity contribution in [1.82, 2.24) is 4.90 Å². The highest BCUT2D eigenvalue weighted by molar-refractivity contribution is 7.92. The van der Waals surface area contributed by atoms with Gasteiger partial charge in [0.2, 0.25) is 10.0 Å². The van der Waals surface area contributed by atoms with E-state index in [2.05, 4.69) is 4.72 Å². The van der Waals surface area contributed by atoms with Crippen molar-refractivity contribution in [2.75, 3.05) is 24.1 Å². The predicted octanol–water partition coefficient (Wildman–Crippen LogP) is 3.05. The summed E-state index contributed by atoms with van der Waals surface area (Å²) in [5.74, 6) is 0.714. The van der Waals surface area contributed by atoms with Crippen LogP contribution in [0.5, 0.6) is 5.75 Å². The number of hydrogen-bond donors (Lipinski definition) is 1. The number of nitrogens with zero attached hydrogens (tertiary/aromatic N) is 1. The molecule has 2 aromatic rings. The van der Waals surface area contributed by atoms with Gasteiger partial charge in [-0.25, -0.2) is 8.42 Å². The fraction of sp³-hybridized carbons (Fsp3) is 0.350. The van der Waals surface area contributed by atoms with Gasteiger partial charge >= 0.3 is 0 Å². The number of methoxy groups -OCH3 is 1. The van der Waals surface area contributed by atoms with E-state index >= 15 is 0 Å². The first kappa shape index (κ1) is 19.2. The number of carbonyl (C=O) groups excluding carboxylic acids is 1. The van der Waals surface area contributed by atoms with E-state index < -0.39 is 10.0 Å². The number of nitrogens with one attached hydrogen (secondary N) is 1. The van der Waals surface area contributed by atoms with Gasteiger partial charge in [0.05, 0.1) is 12.9 Å². The summed E-state index contributed by atoms with van der Waals surface area (Å²) in [5, 5.41) is 0. The first-order valence-corrected chi connectivity index (χ1v) is 10.6. The number of benzene rings is 2. The molecular weight excluding hydrogens is 364 g/mol. The summed E-state index contributed by atoms with van der Waals surface area (Å²) < 4.78 is 31.7. The summed E-state index contributed by atoms with van der Waals surface area (Å²) >= 11 is 0. The zero-order valence-electron chi connectivity index (χ0n) is 15.6. The highest BCUT2D eigenvalue weighted by atomic mass is 32.2. The molecule has 0 saturated heterocycles. The topological polar surface area (TPSA) is 75.7 Å². The Balaban J connectivity index is 1.77. The molecule has 1 amide bonds. The maximum absolute atomic E-state index is 12.9. The monoisotopic (exact) mass is 388 g/mol. The minimum atomic E-state index is -3.39. The molecule has 0 atom stereocenters. The summed E-state index contributed by atoms with van der Waals surface area (Å²) in [5.41, 5.74) is 3.18. The molecule has 1 heterocycles. The molecule has 0 unspecified atom stereocenters. The second kappa shape index (κ2) is 8.00. The molecular formula is C20H24N2O4S. The van der Waals surface area contributed by atoms with Crippen molar-refractivity contribution < 1.29 is 17.9 Å². The highest BCUT2D eigenvalue weighted by Crippen LogP contribution is 2.25. The lowest BCUT2D eigenvalue weighted by Gasteiger charge is -2.29. The van der Waals surface area contributed by atoms with Gasteiger partial charge in [0.1, 0.15) is 5.75 Å². The minimum absolute atomic E-state index is 0.0515. The molecule has 0 aliphatic carbocycles. The summed E-state index contributed by atoms with van der Waals surface area (Å²) in [7, 11) is -1.76.